The summed E-state index contributed by atoms with van der Waals surface area (Å²) in [6, 6.07) is 7.47. The molecule has 0 bridgehead atoms. The number of carbonyl (C=O) groups is 1. The molecule has 6 heteroatoms. The molecule has 0 unspecified atom stereocenters. The number of nitrogens with one attached hydrogen (secondary N) is 1. The molecule has 0 aliphatic rings. The first kappa shape index (κ1) is 14.9. The molecule has 0 saturated heterocycles. The molecule has 1 heterocycles. The minimum absolute atomic E-state index is 0.0416. The van der Waals surface area contributed by atoms with Gasteiger partial charge in [0.25, 0.3) is 5.91 Å². The molecule has 0 spiro atoms. The number of hydrogen-bond donors (Lipinski definition) is 3. The van der Waals surface area contributed by atoms with E-state index >= 15 is 0 Å². The average Bonchev–Trinajstić information content (AvgIpc) is 2.48. The standard InChI is InChI=1S/C15H12ClN3O2/c16-13-4-3-11(20)9-12(13)15(21)19-14-8-10(2-1-6-17)5-7-18-14/h3-5,7-9,20H,6,17H2,(H,18,19,21). The molecule has 2 rings (SSSR count). The Labute approximate surface area is 126 Å². The number of rotatable bonds is 2. The van der Waals surface area contributed by atoms with Gasteiger partial charge in [-0.05, 0) is 30.3 Å². The Morgan fingerprint density at radius 1 is 1.38 bits per heavy atom. The summed E-state index contributed by atoms with van der Waals surface area (Å²) in [7, 11) is 0. The lowest BCUT2D eigenvalue weighted by Gasteiger charge is -2.06. The smallest absolute Gasteiger partial charge is 0.258 e. The molecule has 5 nitrogen and oxygen atoms in total. The number of phenols is 1. The van der Waals surface area contributed by atoms with Crippen molar-refractivity contribution in [2.24, 2.45) is 5.73 Å². The molecule has 106 valence electrons. The first-order valence-electron chi connectivity index (χ1n) is 6.05. The van der Waals surface area contributed by atoms with Gasteiger partial charge in [-0.25, -0.2) is 4.98 Å². The molecule has 21 heavy (non-hydrogen) atoms. The van der Waals surface area contributed by atoms with Gasteiger partial charge < -0.3 is 16.2 Å². The van der Waals surface area contributed by atoms with Crippen molar-refractivity contribution >= 4 is 23.3 Å². The topological polar surface area (TPSA) is 88.2 Å². The van der Waals surface area contributed by atoms with Crippen molar-refractivity contribution in [3.8, 4) is 17.6 Å². The minimum atomic E-state index is -0.465. The molecule has 0 aliphatic heterocycles. The van der Waals surface area contributed by atoms with E-state index in [2.05, 4.69) is 22.1 Å². The van der Waals surface area contributed by atoms with Gasteiger partial charge in [0.05, 0.1) is 17.1 Å². The molecule has 0 saturated carbocycles. The number of pyridine rings is 1. The van der Waals surface area contributed by atoms with E-state index in [-0.39, 0.29) is 22.9 Å². The van der Waals surface area contributed by atoms with Crippen molar-refractivity contribution in [2.75, 3.05) is 11.9 Å². The van der Waals surface area contributed by atoms with Gasteiger partial charge >= 0.3 is 0 Å². The summed E-state index contributed by atoms with van der Waals surface area (Å²) < 4.78 is 0. The van der Waals surface area contributed by atoms with Crippen molar-refractivity contribution < 1.29 is 9.90 Å². The van der Waals surface area contributed by atoms with Gasteiger partial charge in [-0.2, -0.15) is 0 Å². The Kier molecular flexibility index (Phi) is 4.77. The molecule has 1 amide bonds. The molecule has 4 N–H and O–H groups in total. The molecule has 0 aliphatic carbocycles. The second-order valence-electron chi connectivity index (χ2n) is 4.05. The number of aromatic nitrogens is 1. The fourth-order valence-electron chi connectivity index (χ4n) is 1.60. The number of benzene rings is 1. The van der Waals surface area contributed by atoms with Gasteiger partial charge in [-0.3, -0.25) is 4.79 Å². The van der Waals surface area contributed by atoms with Gasteiger partial charge in [0.15, 0.2) is 0 Å². The van der Waals surface area contributed by atoms with Crippen LogP contribution in [0.5, 0.6) is 5.75 Å². The van der Waals surface area contributed by atoms with Crippen LogP contribution in [-0.4, -0.2) is 22.5 Å². The van der Waals surface area contributed by atoms with Crippen LogP contribution in [0.2, 0.25) is 5.02 Å². The Balaban J connectivity index is 2.21. The molecule has 1 aromatic carbocycles. The van der Waals surface area contributed by atoms with Gasteiger partial charge in [-0.1, -0.05) is 23.4 Å². The summed E-state index contributed by atoms with van der Waals surface area (Å²) in [5.74, 6) is 5.39. The molecule has 2 aromatic rings. The third-order valence-electron chi connectivity index (χ3n) is 2.53. The van der Waals surface area contributed by atoms with E-state index in [9.17, 15) is 9.90 Å². The molecule has 0 atom stereocenters. The number of hydrogen-bond acceptors (Lipinski definition) is 4. The summed E-state index contributed by atoms with van der Waals surface area (Å²) in [6.45, 7) is 0.253. The highest BCUT2D eigenvalue weighted by molar-refractivity contribution is 6.34. The van der Waals surface area contributed by atoms with E-state index in [0.29, 0.717) is 11.4 Å². The van der Waals surface area contributed by atoms with Crippen molar-refractivity contribution in [3.63, 3.8) is 0 Å². The van der Waals surface area contributed by atoms with Crippen LogP contribution in [-0.2, 0) is 0 Å². The van der Waals surface area contributed by atoms with Crippen LogP contribution < -0.4 is 11.1 Å². The lowest BCUT2D eigenvalue weighted by Crippen LogP contribution is -2.13. The SMILES string of the molecule is NCC#Cc1ccnc(NC(=O)c2cc(O)ccc2Cl)c1. The Morgan fingerprint density at radius 3 is 2.95 bits per heavy atom. The zero-order valence-corrected chi connectivity index (χ0v) is 11.7. The highest BCUT2D eigenvalue weighted by Crippen LogP contribution is 2.22. The zero-order chi connectivity index (χ0) is 15.2. The zero-order valence-electron chi connectivity index (χ0n) is 10.9. The molecule has 1 aromatic heterocycles. The summed E-state index contributed by atoms with van der Waals surface area (Å²) in [6.07, 6.45) is 1.53. The Bertz CT molecular complexity index is 735. The number of nitrogens with two attached hydrogens (primary N) is 1. The van der Waals surface area contributed by atoms with E-state index in [0.717, 1.165) is 0 Å². The average molecular weight is 302 g/mol. The Hall–Kier alpha value is -2.55. The largest absolute Gasteiger partial charge is 0.508 e. The quantitative estimate of drug-likeness (QED) is 0.740. The number of anilines is 1. The van der Waals surface area contributed by atoms with Crippen LogP contribution in [0.3, 0.4) is 0 Å². The highest BCUT2D eigenvalue weighted by atomic mass is 35.5. The summed E-state index contributed by atoms with van der Waals surface area (Å²) in [4.78, 5) is 16.1. The van der Waals surface area contributed by atoms with E-state index < -0.39 is 5.91 Å². The number of halogens is 1. The maximum atomic E-state index is 12.1. The minimum Gasteiger partial charge on any atom is -0.508 e. The Morgan fingerprint density at radius 2 is 2.19 bits per heavy atom. The van der Waals surface area contributed by atoms with Crippen molar-refractivity contribution in [2.45, 2.75) is 0 Å². The van der Waals surface area contributed by atoms with Crippen LogP contribution in [0.25, 0.3) is 0 Å². The maximum absolute atomic E-state index is 12.1. The van der Waals surface area contributed by atoms with Crippen LogP contribution in [0, 0.1) is 11.8 Å². The predicted octanol–water partition coefficient (Wildman–Crippen LogP) is 2.00. The fraction of sp³-hybridized carbons (Fsp3) is 0.0667. The van der Waals surface area contributed by atoms with Crippen molar-refractivity contribution in [1.82, 2.24) is 4.98 Å². The lowest BCUT2D eigenvalue weighted by atomic mass is 10.2. The number of amides is 1. The number of carbonyl (C=O) groups excluding carboxylic acids is 1. The van der Waals surface area contributed by atoms with Gasteiger partial charge in [0.2, 0.25) is 0 Å². The first-order valence-corrected chi connectivity index (χ1v) is 6.43. The van der Waals surface area contributed by atoms with Crippen LogP contribution >= 0.6 is 11.6 Å². The predicted molar refractivity (Wildman–Crippen MR) is 81.2 cm³/mol. The summed E-state index contributed by atoms with van der Waals surface area (Å²) >= 11 is 5.93. The van der Waals surface area contributed by atoms with Crippen LogP contribution in [0.4, 0.5) is 5.82 Å². The fourth-order valence-corrected chi connectivity index (χ4v) is 1.80. The normalized spacial score (nSPS) is 9.62. The van der Waals surface area contributed by atoms with Gasteiger partial charge in [0.1, 0.15) is 11.6 Å². The van der Waals surface area contributed by atoms with Crippen LogP contribution in [0.1, 0.15) is 15.9 Å². The van der Waals surface area contributed by atoms with E-state index in [1.807, 2.05) is 0 Å². The van der Waals surface area contributed by atoms with E-state index in [1.54, 1.807) is 12.1 Å². The third-order valence-corrected chi connectivity index (χ3v) is 2.86. The van der Waals surface area contributed by atoms with Crippen molar-refractivity contribution in [1.29, 1.82) is 0 Å². The summed E-state index contributed by atoms with van der Waals surface area (Å²) in [5.41, 5.74) is 6.16. The first-order chi connectivity index (χ1) is 10.1. The van der Waals surface area contributed by atoms with Gasteiger partial charge in [0, 0.05) is 11.8 Å². The molecular weight excluding hydrogens is 290 g/mol. The molecular formula is C15H12ClN3O2. The number of aromatic hydroxyl groups is 1. The lowest BCUT2D eigenvalue weighted by molar-refractivity contribution is 0.102. The maximum Gasteiger partial charge on any atom is 0.258 e. The highest BCUT2D eigenvalue weighted by Gasteiger charge is 2.12. The monoisotopic (exact) mass is 301 g/mol. The van der Waals surface area contributed by atoms with E-state index in [1.165, 1.54) is 24.4 Å². The number of phenolic OH excluding ortho intramolecular Hbond substituents is 1. The van der Waals surface area contributed by atoms with E-state index in [4.69, 9.17) is 17.3 Å². The second kappa shape index (κ2) is 6.75. The molecule has 0 fully saturated rings. The molecule has 0 radical (unpaired) electrons. The van der Waals surface area contributed by atoms with Crippen molar-refractivity contribution in [3.05, 3.63) is 52.7 Å². The second-order valence-corrected chi connectivity index (χ2v) is 4.46. The van der Waals surface area contributed by atoms with Crippen LogP contribution in [0.15, 0.2) is 36.5 Å². The third kappa shape index (κ3) is 3.96. The van der Waals surface area contributed by atoms with Gasteiger partial charge in [-0.15, -0.1) is 0 Å². The number of nitrogens with zero attached hydrogens (tertiary/aromatic N) is 1. The summed E-state index contributed by atoms with van der Waals surface area (Å²) in [5, 5.41) is 12.2.